The molecule has 0 aromatic carbocycles. The maximum absolute atomic E-state index is 10.9. The molecule has 0 aliphatic heterocycles. The third-order valence-electron chi connectivity index (χ3n) is 3.96. The molecule has 0 spiro atoms. The SMILES string of the molecule is O.O.O.O=C([O-])CN(CC(=O)[O-])C1CCCCC1N(CC(=O)[O-])CC(=O)[O-].[Mg+2].[Na+].[Na+]. The van der Waals surface area contributed by atoms with E-state index in [1.54, 1.807) is 0 Å². The van der Waals surface area contributed by atoms with Gasteiger partial charge in [0.25, 0.3) is 0 Å². The van der Waals surface area contributed by atoms with Crippen molar-refractivity contribution in [3.63, 3.8) is 0 Å². The number of carbonyl (C=O) groups is 4. The molecule has 1 fully saturated rings. The van der Waals surface area contributed by atoms with Crippen LogP contribution in [0.2, 0.25) is 0 Å². The van der Waals surface area contributed by atoms with Crippen molar-refractivity contribution >= 4 is 46.9 Å². The third kappa shape index (κ3) is 17.1. The summed E-state index contributed by atoms with van der Waals surface area (Å²) in [5, 5.41) is 43.5. The maximum Gasteiger partial charge on any atom is 2.00 e. The average Bonchev–Trinajstić information content (AvgIpc) is 2.44. The number of hydrogen-bond acceptors (Lipinski definition) is 10. The second kappa shape index (κ2) is 22.6. The summed E-state index contributed by atoms with van der Waals surface area (Å²) in [6, 6.07) is -1.32. The predicted molar refractivity (Wildman–Crippen MR) is 85.8 cm³/mol. The van der Waals surface area contributed by atoms with E-state index in [4.69, 9.17) is 0 Å². The number of nitrogens with zero attached hydrogens (tertiary/aromatic N) is 2. The zero-order valence-corrected chi connectivity index (χ0v) is 22.6. The van der Waals surface area contributed by atoms with Gasteiger partial charge in [-0.15, -0.1) is 0 Å². The van der Waals surface area contributed by atoms with Crippen LogP contribution in [0.4, 0.5) is 0 Å². The van der Waals surface area contributed by atoms with Gasteiger partial charge in [0.15, 0.2) is 0 Å². The van der Waals surface area contributed by atoms with E-state index < -0.39 is 62.1 Å². The van der Waals surface area contributed by atoms with Crippen molar-refractivity contribution in [2.24, 2.45) is 0 Å². The first kappa shape index (κ1) is 44.2. The Morgan fingerprint density at radius 3 is 0.967 bits per heavy atom. The second-order valence-corrected chi connectivity index (χ2v) is 5.72. The molecule has 16 heteroatoms. The monoisotopic (exact) mass is 466 g/mol. The van der Waals surface area contributed by atoms with Crippen LogP contribution in [0.15, 0.2) is 0 Å². The van der Waals surface area contributed by atoms with E-state index in [2.05, 4.69) is 0 Å². The number of carboxylic acids is 4. The van der Waals surface area contributed by atoms with Crippen molar-refractivity contribution in [1.29, 1.82) is 0 Å². The molecule has 2 atom stereocenters. The van der Waals surface area contributed by atoms with Crippen LogP contribution in [-0.4, -0.2) is 111 Å². The summed E-state index contributed by atoms with van der Waals surface area (Å²) in [4.78, 5) is 45.7. The number of carbonyl (C=O) groups excluding carboxylic acids is 4. The fourth-order valence-electron chi connectivity index (χ4n) is 3.19. The number of carboxylic acid groups (broad SMARTS) is 4. The Hall–Kier alpha value is 0.446. The van der Waals surface area contributed by atoms with Crippen LogP contribution in [0.3, 0.4) is 0 Å². The molecule has 0 radical (unpaired) electrons. The molecule has 160 valence electrons. The zero-order valence-electron chi connectivity index (χ0n) is 17.2. The van der Waals surface area contributed by atoms with Gasteiger partial charge in [0.05, 0.1) is 23.9 Å². The summed E-state index contributed by atoms with van der Waals surface area (Å²) in [5.41, 5.74) is 0. The molecule has 1 aliphatic rings. The summed E-state index contributed by atoms with van der Waals surface area (Å²) in [6.45, 7) is -2.72. The molecule has 1 aliphatic carbocycles. The molecule has 1 rings (SSSR count). The van der Waals surface area contributed by atoms with Crippen LogP contribution in [0.5, 0.6) is 0 Å². The van der Waals surface area contributed by atoms with Crippen LogP contribution in [-0.2, 0) is 19.2 Å². The standard InChI is InChI=1S/C14H22N2O8.Mg.2Na.3H2O/c17-11(18)5-15(6-12(19)20)9-3-1-2-4-10(9)16(7-13(21)22)8-14(23)24;;;;;;/h9-10H,1-8H2,(H,17,18)(H,19,20)(H,21,22)(H,23,24);;;;3*1H2/q;+2;2*+1;;;/p-4. The van der Waals surface area contributed by atoms with Crippen LogP contribution in [0.1, 0.15) is 25.7 Å². The predicted octanol–water partition coefficient (Wildman–Crippen LogP) is -14.9. The van der Waals surface area contributed by atoms with Crippen molar-refractivity contribution in [3.05, 3.63) is 0 Å². The molecule has 2 unspecified atom stereocenters. The quantitative estimate of drug-likeness (QED) is 0.274. The Labute approximate surface area is 233 Å². The van der Waals surface area contributed by atoms with E-state index in [0.717, 1.165) is 9.80 Å². The van der Waals surface area contributed by atoms with Gasteiger partial charge in [-0.25, -0.2) is 0 Å². The van der Waals surface area contributed by atoms with Gasteiger partial charge in [-0.2, -0.15) is 0 Å². The van der Waals surface area contributed by atoms with Gasteiger partial charge in [0.2, 0.25) is 0 Å². The summed E-state index contributed by atoms with van der Waals surface area (Å²) in [5.74, 6) is -5.97. The van der Waals surface area contributed by atoms with E-state index in [-0.39, 0.29) is 98.6 Å². The molecule has 30 heavy (non-hydrogen) atoms. The van der Waals surface area contributed by atoms with E-state index in [1.807, 2.05) is 0 Å². The van der Waals surface area contributed by atoms with Crippen molar-refractivity contribution in [2.75, 3.05) is 26.2 Å². The average molecular weight is 467 g/mol. The first-order chi connectivity index (χ1) is 11.2. The fourth-order valence-corrected chi connectivity index (χ4v) is 3.19. The first-order valence-corrected chi connectivity index (χ1v) is 7.48. The molecular weight excluding hydrogens is 442 g/mol. The minimum absolute atomic E-state index is 0. The largest absolute Gasteiger partial charge is 2.00 e. The summed E-state index contributed by atoms with van der Waals surface area (Å²) < 4.78 is 0. The molecule has 0 amide bonds. The van der Waals surface area contributed by atoms with E-state index in [1.165, 1.54) is 0 Å². The van der Waals surface area contributed by atoms with Crippen LogP contribution >= 0.6 is 0 Å². The maximum atomic E-state index is 10.9. The second-order valence-electron chi connectivity index (χ2n) is 5.72. The molecule has 0 aromatic heterocycles. The van der Waals surface area contributed by atoms with Gasteiger partial charge in [-0.3, -0.25) is 9.80 Å². The van der Waals surface area contributed by atoms with E-state index >= 15 is 0 Å². The van der Waals surface area contributed by atoms with E-state index in [9.17, 15) is 39.6 Å². The van der Waals surface area contributed by atoms with Gasteiger partial charge < -0.3 is 56.0 Å². The van der Waals surface area contributed by atoms with Crippen molar-refractivity contribution in [1.82, 2.24) is 9.80 Å². The molecule has 1 saturated carbocycles. The van der Waals surface area contributed by atoms with E-state index in [0.29, 0.717) is 25.7 Å². The van der Waals surface area contributed by atoms with Gasteiger partial charge in [0, 0.05) is 38.3 Å². The van der Waals surface area contributed by atoms with Crippen LogP contribution < -0.4 is 79.5 Å². The Morgan fingerprint density at radius 2 is 0.800 bits per heavy atom. The van der Waals surface area contributed by atoms with Gasteiger partial charge in [-0.05, 0) is 12.8 Å². The number of rotatable bonds is 10. The molecule has 0 heterocycles. The van der Waals surface area contributed by atoms with Gasteiger partial charge in [0.1, 0.15) is 0 Å². The fraction of sp³-hybridized carbons (Fsp3) is 0.714. The minimum Gasteiger partial charge on any atom is -0.549 e. The zero-order chi connectivity index (χ0) is 18.3. The first-order valence-electron chi connectivity index (χ1n) is 7.48. The summed E-state index contributed by atoms with van der Waals surface area (Å²) in [6.07, 6.45) is 2.12. The van der Waals surface area contributed by atoms with Crippen molar-refractivity contribution in [3.8, 4) is 0 Å². The molecule has 0 aromatic rings. The number of hydrogen-bond donors (Lipinski definition) is 0. The summed E-state index contributed by atoms with van der Waals surface area (Å²) in [7, 11) is 0. The van der Waals surface area contributed by atoms with Crippen LogP contribution in [0, 0.1) is 0 Å². The minimum atomic E-state index is -1.49. The Bertz CT molecular complexity index is 440. The Balaban J connectivity index is -0.000000240. The Kier molecular flexibility index (Phi) is 33.3. The molecule has 0 saturated heterocycles. The van der Waals surface area contributed by atoms with Gasteiger partial charge >= 0.3 is 82.2 Å². The van der Waals surface area contributed by atoms with Crippen molar-refractivity contribution < 1.29 is 115 Å². The number of aliphatic carboxylic acids is 4. The molecular formula is C14H24MgN2Na2O11. The van der Waals surface area contributed by atoms with Crippen molar-refractivity contribution in [2.45, 2.75) is 37.8 Å². The normalized spacial score (nSPS) is 16.7. The molecule has 6 N–H and O–H groups in total. The Morgan fingerprint density at radius 1 is 0.600 bits per heavy atom. The molecule has 13 nitrogen and oxygen atoms in total. The van der Waals surface area contributed by atoms with Crippen LogP contribution in [0.25, 0.3) is 0 Å². The van der Waals surface area contributed by atoms with Gasteiger partial charge in [-0.1, -0.05) is 12.8 Å². The topological polar surface area (TPSA) is 262 Å². The summed E-state index contributed by atoms with van der Waals surface area (Å²) >= 11 is 0. The third-order valence-corrected chi connectivity index (χ3v) is 3.96. The smallest absolute Gasteiger partial charge is 0.549 e. The molecule has 0 bridgehead atoms.